The quantitative estimate of drug-likeness (QED) is 0.128. The molecule has 1 aliphatic rings. The van der Waals surface area contributed by atoms with Crippen molar-refractivity contribution in [2.45, 2.75) is 117 Å². The van der Waals surface area contributed by atoms with Crippen LogP contribution in [0.3, 0.4) is 0 Å². The van der Waals surface area contributed by atoms with E-state index in [1.54, 1.807) is 0 Å². The molecular formula is C72H71N4OPt-3. The monoisotopic (exact) mass is 1200 g/mol. The maximum Gasteiger partial charge on any atom is 0.135 e. The van der Waals surface area contributed by atoms with Crippen molar-refractivity contribution >= 4 is 44.6 Å². The molecule has 0 saturated heterocycles. The van der Waals surface area contributed by atoms with Crippen LogP contribution in [0.1, 0.15) is 129 Å². The topological polar surface area (TPSA) is 33.5 Å². The zero-order valence-electron chi connectivity index (χ0n) is 47.5. The first kappa shape index (κ1) is 54.2. The zero-order valence-corrected chi connectivity index (χ0v) is 49.8. The van der Waals surface area contributed by atoms with E-state index in [0.717, 1.165) is 61.5 Å². The first-order valence-electron chi connectivity index (χ1n) is 27.2. The van der Waals surface area contributed by atoms with E-state index in [0.29, 0.717) is 11.5 Å². The van der Waals surface area contributed by atoms with E-state index in [9.17, 15) is 0 Å². The number of fused-ring (bicyclic) bond motifs is 4. The maximum atomic E-state index is 7.13. The molecule has 398 valence electrons. The summed E-state index contributed by atoms with van der Waals surface area (Å²) in [5, 5.41) is 2.25. The van der Waals surface area contributed by atoms with Crippen LogP contribution < -0.4 is 14.5 Å². The van der Waals surface area contributed by atoms with Gasteiger partial charge in [0.1, 0.15) is 5.82 Å². The molecule has 0 fully saturated rings. The Labute approximate surface area is 478 Å². The summed E-state index contributed by atoms with van der Waals surface area (Å²) in [4.78, 5) is 9.67. The Balaban J connectivity index is 0.00000688. The molecule has 11 rings (SSSR count). The number of nitrogens with zero attached hydrogens (tertiary/aromatic N) is 4. The summed E-state index contributed by atoms with van der Waals surface area (Å²) in [5.74, 6) is 2.04. The Bertz CT molecular complexity index is 3820. The number of aromatic nitrogens is 2. The molecule has 0 saturated carbocycles. The summed E-state index contributed by atoms with van der Waals surface area (Å²) in [7, 11) is 0. The average Bonchev–Trinajstić information content (AvgIpc) is 4.19. The van der Waals surface area contributed by atoms with E-state index in [-0.39, 0.29) is 42.7 Å². The molecule has 78 heavy (non-hydrogen) atoms. The fraction of sp³-hybridized carbons (Fsp3) is 0.250. The van der Waals surface area contributed by atoms with Crippen molar-refractivity contribution in [3.63, 3.8) is 0 Å². The van der Waals surface area contributed by atoms with Gasteiger partial charge in [0.15, 0.2) is 0 Å². The van der Waals surface area contributed by atoms with Gasteiger partial charge in [-0.2, -0.15) is 6.07 Å². The first-order valence-corrected chi connectivity index (χ1v) is 27.2. The van der Waals surface area contributed by atoms with Gasteiger partial charge < -0.3 is 19.1 Å². The molecule has 6 heteroatoms. The number of benzene rings is 8. The van der Waals surface area contributed by atoms with Gasteiger partial charge >= 0.3 is 0 Å². The fourth-order valence-corrected chi connectivity index (χ4v) is 10.9. The number of hydrogen-bond acceptors (Lipinski definition) is 4. The van der Waals surface area contributed by atoms with Gasteiger partial charge in [-0.1, -0.05) is 211 Å². The predicted molar refractivity (Wildman–Crippen MR) is 323 cm³/mol. The van der Waals surface area contributed by atoms with Crippen LogP contribution in [0.5, 0.6) is 11.5 Å². The third-order valence-corrected chi connectivity index (χ3v) is 16.0. The predicted octanol–water partition coefficient (Wildman–Crippen LogP) is 19.2. The molecule has 0 amide bonds. The number of hydrogen-bond donors (Lipinski definition) is 0. The van der Waals surface area contributed by atoms with E-state index < -0.39 is 5.41 Å². The summed E-state index contributed by atoms with van der Waals surface area (Å²) in [6, 6.07) is 73.9. The Kier molecular flexibility index (Phi) is 14.0. The number of anilines is 4. The van der Waals surface area contributed by atoms with E-state index in [1.807, 2.05) is 6.20 Å². The van der Waals surface area contributed by atoms with Crippen LogP contribution in [0, 0.1) is 18.8 Å². The molecule has 5 nitrogen and oxygen atoms in total. The van der Waals surface area contributed by atoms with Crippen LogP contribution in [-0.4, -0.2) is 9.55 Å². The number of ether oxygens (including phenoxy) is 1. The summed E-state index contributed by atoms with van der Waals surface area (Å²) in [6.07, 6.45) is 1.93. The van der Waals surface area contributed by atoms with Crippen molar-refractivity contribution in [3.05, 3.63) is 246 Å². The van der Waals surface area contributed by atoms with Gasteiger partial charge in [0.2, 0.25) is 0 Å². The van der Waals surface area contributed by atoms with Gasteiger partial charge in [0.05, 0.1) is 0 Å². The van der Waals surface area contributed by atoms with E-state index >= 15 is 0 Å². The van der Waals surface area contributed by atoms with Crippen molar-refractivity contribution in [2.75, 3.05) is 9.80 Å². The second-order valence-electron chi connectivity index (χ2n) is 25.2. The normalized spacial score (nSPS) is 13.2. The smallest absolute Gasteiger partial charge is 0.135 e. The van der Waals surface area contributed by atoms with Crippen LogP contribution in [0.4, 0.5) is 22.7 Å². The van der Waals surface area contributed by atoms with Crippen molar-refractivity contribution in [3.8, 4) is 28.4 Å². The zero-order chi connectivity index (χ0) is 54.2. The molecule has 0 radical (unpaired) electrons. The third-order valence-electron chi connectivity index (χ3n) is 16.0. The molecule has 0 aliphatic carbocycles. The van der Waals surface area contributed by atoms with Gasteiger partial charge in [-0.25, -0.2) is 4.98 Å². The molecular weight excluding hydrogens is 1130 g/mol. The van der Waals surface area contributed by atoms with Crippen molar-refractivity contribution in [1.82, 2.24) is 9.55 Å². The Morgan fingerprint density at radius 1 is 0.423 bits per heavy atom. The second-order valence-corrected chi connectivity index (χ2v) is 25.2. The third kappa shape index (κ3) is 10.2. The molecule has 0 bridgehead atoms. The molecule has 0 atom stereocenters. The molecule has 0 spiro atoms. The van der Waals surface area contributed by atoms with Crippen LogP contribution in [0.25, 0.3) is 38.8 Å². The molecule has 0 N–H and O–H groups in total. The van der Waals surface area contributed by atoms with Crippen LogP contribution in [0.15, 0.2) is 188 Å². The van der Waals surface area contributed by atoms with Crippen LogP contribution in [-0.2, 0) is 48.1 Å². The van der Waals surface area contributed by atoms with Gasteiger partial charge in [-0.3, -0.25) is 0 Å². The maximum absolute atomic E-state index is 7.13. The van der Waals surface area contributed by atoms with Crippen molar-refractivity contribution in [1.29, 1.82) is 0 Å². The minimum atomic E-state index is -0.405. The van der Waals surface area contributed by atoms with Gasteiger partial charge in [0, 0.05) is 66.8 Å². The first-order chi connectivity index (χ1) is 36.5. The minimum Gasteiger partial charge on any atom is -0.509 e. The standard InChI is InChI=1S/C72H71N4O.Pt/c1-68(2,3)52-29-33-63-62(42-52)61-32-31-59(46-65(61)76(63)67-44-54(35-36-73-67)70(7,8)9)77-60-41-56(72(12,13)51-27-21-16-22-28-51)40-58(45-60)74-47-75(66-43-53(69(4,5)6)30-34-64(66)74)57-38-49(48-23-17-14-18-24-48)37-55(39-57)71(10,11)50-25-19-15-20-26-50;/h14-44,47H,1-13H3;/q-3;. The Morgan fingerprint density at radius 3 is 1.63 bits per heavy atom. The number of pyridine rings is 1. The molecule has 0 unspecified atom stereocenters. The van der Waals surface area contributed by atoms with Gasteiger partial charge in [0.25, 0.3) is 0 Å². The van der Waals surface area contributed by atoms with Crippen molar-refractivity contribution in [2.24, 2.45) is 0 Å². The summed E-state index contributed by atoms with van der Waals surface area (Å²) >= 11 is 0. The summed E-state index contributed by atoms with van der Waals surface area (Å²) in [6.45, 7) is 31.9. The second kappa shape index (κ2) is 20.2. The van der Waals surface area contributed by atoms with Gasteiger partial charge in [-0.15, -0.1) is 53.6 Å². The molecule has 3 heterocycles. The van der Waals surface area contributed by atoms with E-state index in [4.69, 9.17) is 9.72 Å². The number of rotatable bonds is 10. The average molecular weight is 1200 g/mol. The molecule has 1 aliphatic heterocycles. The Morgan fingerprint density at radius 2 is 1.00 bits per heavy atom. The molecule has 8 aromatic carbocycles. The Hall–Kier alpha value is -7.20. The largest absolute Gasteiger partial charge is 0.509 e. The van der Waals surface area contributed by atoms with Crippen LogP contribution >= 0.6 is 0 Å². The molecule has 10 aromatic rings. The van der Waals surface area contributed by atoms with Gasteiger partial charge in [-0.05, 0) is 114 Å². The fourth-order valence-electron chi connectivity index (χ4n) is 10.9. The van der Waals surface area contributed by atoms with E-state index in [1.165, 1.54) is 38.9 Å². The van der Waals surface area contributed by atoms with Crippen molar-refractivity contribution < 1.29 is 25.8 Å². The molecule has 2 aromatic heterocycles. The SMILES string of the molecule is CC(C)(C)c1ccnc(-n2c3[c-]c(Oc4[c-]c(N5[CH-]N(c6cc(-c7ccccc7)cc(C(C)(C)c7ccccc7)c6)c6cc(C(C)(C)C)ccc65)cc(C(C)(C)c5ccccc5)c4)ccc3c3cc(C(C)(C)C)ccc32)c1.[Pt]. The van der Waals surface area contributed by atoms with E-state index in [2.05, 4.69) is 305 Å². The summed E-state index contributed by atoms with van der Waals surface area (Å²) < 4.78 is 9.37. The minimum absolute atomic E-state index is 0. The van der Waals surface area contributed by atoms with Crippen LogP contribution in [0.2, 0.25) is 0 Å². The summed E-state index contributed by atoms with van der Waals surface area (Å²) in [5.41, 5.74) is 16.1.